The highest BCUT2D eigenvalue weighted by Crippen LogP contribution is 2.21. The fourth-order valence-corrected chi connectivity index (χ4v) is 2.91. The van der Waals surface area contributed by atoms with Crippen LogP contribution in [-0.4, -0.2) is 31.2 Å². The highest BCUT2D eigenvalue weighted by Gasteiger charge is 2.06. The van der Waals surface area contributed by atoms with Crippen LogP contribution >= 0.6 is 11.8 Å². The van der Waals surface area contributed by atoms with Gasteiger partial charge in [-0.1, -0.05) is 30.3 Å². The van der Waals surface area contributed by atoms with E-state index in [0.29, 0.717) is 18.7 Å². The minimum atomic E-state index is -0.194. The third kappa shape index (κ3) is 7.30. The van der Waals surface area contributed by atoms with Crippen molar-refractivity contribution in [1.82, 2.24) is 10.6 Å². The summed E-state index contributed by atoms with van der Waals surface area (Å²) in [5.41, 5.74) is 1.03. The summed E-state index contributed by atoms with van der Waals surface area (Å²) in [6, 6.07) is 17.3. The van der Waals surface area contributed by atoms with E-state index in [-0.39, 0.29) is 18.4 Å². The smallest absolute Gasteiger partial charge is 0.239 e. The summed E-state index contributed by atoms with van der Waals surface area (Å²) in [6.45, 7) is 0.460. The zero-order chi connectivity index (χ0) is 17.9. The summed E-state index contributed by atoms with van der Waals surface area (Å²) < 4.78 is 5.10. The Morgan fingerprint density at radius 1 is 0.960 bits per heavy atom. The van der Waals surface area contributed by atoms with Gasteiger partial charge >= 0.3 is 0 Å². The Hall–Kier alpha value is -2.47. The fraction of sp³-hybridized carbons (Fsp3) is 0.263. The van der Waals surface area contributed by atoms with Gasteiger partial charge < -0.3 is 15.4 Å². The zero-order valence-electron chi connectivity index (χ0n) is 14.2. The number of hydrogen-bond acceptors (Lipinski definition) is 4. The molecule has 0 fully saturated rings. The number of thioether (sulfide) groups is 1. The molecular weight excluding hydrogens is 336 g/mol. The van der Waals surface area contributed by atoms with Crippen LogP contribution in [0.4, 0.5) is 0 Å². The zero-order valence-corrected chi connectivity index (χ0v) is 15.0. The maximum absolute atomic E-state index is 11.8. The molecule has 0 spiro atoms. The van der Waals surface area contributed by atoms with E-state index in [1.165, 1.54) is 0 Å². The number of carbonyl (C=O) groups is 2. The van der Waals surface area contributed by atoms with Gasteiger partial charge in [-0.2, -0.15) is 0 Å². The van der Waals surface area contributed by atoms with E-state index in [4.69, 9.17) is 4.74 Å². The quantitative estimate of drug-likeness (QED) is 0.676. The molecule has 0 aromatic heterocycles. The van der Waals surface area contributed by atoms with Crippen LogP contribution < -0.4 is 15.4 Å². The number of ether oxygens (including phenoxy) is 1. The lowest BCUT2D eigenvalue weighted by Gasteiger charge is -2.07. The molecule has 2 aromatic carbocycles. The second-order valence-electron chi connectivity index (χ2n) is 5.31. The summed E-state index contributed by atoms with van der Waals surface area (Å²) in [6.07, 6.45) is 0.364. The lowest BCUT2D eigenvalue weighted by atomic mass is 10.2. The summed E-state index contributed by atoms with van der Waals surface area (Å²) in [7, 11) is 1.63. The molecule has 0 radical (unpaired) electrons. The minimum absolute atomic E-state index is 0.00112. The Morgan fingerprint density at radius 3 is 2.36 bits per heavy atom. The molecule has 0 heterocycles. The maximum atomic E-state index is 11.8. The number of rotatable bonds is 9. The van der Waals surface area contributed by atoms with Crippen molar-refractivity contribution in [2.24, 2.45) is 0 Å². The van der Waals surface area contributed by atoms with E-state index in [0.717, 1.165) is 16.2 Å². The molecule has 0 aliphatic heterocycles. The number of nitrogens with one attached hydrogen (secondary N) is 2. The summed E-state index contributed by atoms with van der Waals surface area (Å²) in [4.78, 5) is 24.6. The van der Waals surface area contributed by atoms with Gasteiger partial charge in [-0.25, -0.2) is 0 Å². The maximum Gasteiger partial charge on any atom is 0.239 e. The van der Waals surface area contributed by atoms with Gasteiger partial charge in [-0.3, -0.25) is 9.59 Å². The lowest BCUT2D eigenvalue weighted by molar-refractivity contribution is -0.125. The monoisotopic (exact) mass is 358 g/mol. The molecule has 0 aliphatic carbocycles. The van der Waals surface area contributed by atoms with Crippen LogP contribution in [0.5, 0.6) is 5.75 Å². The molecule has 0 aliphatic rings. The molecular formula is C19H22N2O3S. The minimum Gasteiger partial charge on any atom is -0.497 e. The Kier molecular flexibility index (Phi) is 7.85. The van der Waals surface area contributed by atoms with Gasteiger partial charge in [0.25, 0.3) is 0 Å². The molecule has 2 amide bonds. The van der Waals surface area contributed by atoms with Crippen molar-refractivity contribution >= 4 is 23.6 Å². The van der Waals surface area contributed by atoms with Crippen molar-refractivity contribution in [2.75, 3.05) is 19.4 Å². The molecule has 0 unspecified atom stereocenters. The third-order valence-electron chi connectivity index (χ3n) is 3.44. The Morgan fingerprint density at radius 2 is 1.68 bits per heavy atom. The second kappa shape index (κ2) is 10.4. The Balaban J connectivity index is 1.59. The van der Waals surface area contributed by atoms with Gasteiger partial charge in [0.05, 0.1) is 13.7 Å². The average molecular weight is 358 g/mol. The molecule has 132 valence electrons. The van der Waals surface area contributed by atoms with E-state index >= 15 is 0 Å². The summed E-state index contributed by atoms with van der Waals surface area (Å²) in [5, 5.41) is 5.42. The third-order valence-corrected chi connectivity index (χ3v) is 4.45. The molecule has 2 aromatic rings. The fourth-order valence-electron chi connectivity index (χ4n) is 2.06. The van der Waals surface area contributed by atoms with Crippen LogP contribution in [-0.2, 0) is 16.1 Å². The Bertz CT molecular complexity index is 675. The first kappa shape index (κ1) is 18.9. The number of hydrogen-bond donors (Lipinski definition) is 2. The van der Waals surface area contributed by atoms with E-state index < -0.39 is 0 Å². The van der Waals surface area contributed by atoms with E-state index in [1.54, 1.807) is 18.9 Å². The standard InChI is InChI=1S/C19H22N2O3S/c1-24-16-7-9-17(10-8-16)25-12-11-18(22)21-14-19(23)20-13-15-5-3-2-4-6-15/h2-10H,11-14H2,1H3,(H,20,23)(H,21,22). The molecule has 5 nitrogen and oxygen atoms in total. The number of methoxy groups -OCH3 is 1. The topological polar surface area (TPSA) is 67.4 Å². The first-order valence-corrected chi connectivity index (χ1v) is 9.00. The first-order chi connectivity index (χ1) is 12.2. The average Bonchev–Trinajstić information content (AvgIpc) is 2.66. The van der Waals surface area contributed by atoms with Crippen LogP contribution in [0, 0.1) is 0 Å². The van der Waals surface area contributed by atoms with Gasteiger partial charge in [-0.15, -0.1) is 11.8 Å². The first-order valence-electron chi connectivity index (χ1n) is 8.01. The van der Waals surface area contributed by atoms with Crippen molar-refractivity contribution in [1.29, 1.82) is 0 Å². The molecule has 2 rings (SSSR count). The Labute approximate surface area is 152 Å². The highest BCUT2D eigenvalue weighted by molar-refractivity contribution is 7.99. The molecule has 0 atom stereocenters. The molecule has 0 saturated heterocycles. The summed E-state index contributed by atoms with van der Waals surface area (Å²) in [5.74, 6) is 1.14. The van der Waals surface area contributed by atoms with Crippen molar-refractivity contribution in [3.8, 4) is 5.75 Å². The van der Waals surface area contributed by atoms with E-state index in [1.807, 2.05) is 54.6 Å². The predicted octanol–water partition coefficient (Wildman–Crippen LogP) is 2.61. The SMILES string of the molecule is COc1ccc(SCCC(=O)NCC(=O)NCc2ccccc2)cc1. The number of benzene rings is 2. The van der Waals surface area contributed by atoms with Crippen LogP contribution in [0.3, 0.4) is 0 Å². The van der Waals surface area contributed by atoms with E-state index in [2.05, 4.69) is 10.6 Å². The van der Waals surface area contributed by atoms with Crippen molar-refractivity contribution in [3.63, 3.8) is 0 Å². The predicted molar refractivity (Wildman–Crippen MR) is 99.6 cm³/mol. The summed E-state index contributed by atoms with van der Waals surface area (Å²) >= 11 is 1.59. The molecule has 0 bridgehead atoms. The van der Waals surface area contributed by atoms with Crippen LogP contribution in [0.1, 0.15) is 12.0 Å². The van der Waals surface area contributed by atoms with Gasteiger partial charge in [0.1, 0.15) is 5.75 Å². The normalized spacial score (nSPS) is 10.1. The number of amides is 2. The molecule has 2 N–H and O–H groups in total. The van der Waals surface area contributed by atoms with Crippen LogP contribution in [0.25, 0.3) is 0 Å². The lowest BCUT2D eigenvalue weighted by Crippen LogP contribution is -2.36. The largest absolute Gasteiger partial charge is 0.497 e. The van der Waals surface area contributed by atoms with Gasteiger partial charge in [0, 0.05) is 23.6 Å². The van der Waals surface area contributed by atoms with E-state index in [9.17, 15) is 9.59 Å². The van der Waals surface area contributed by atoms with Gasteiger partial charge in [0.15, 0.2) is 0 Å². The van der Waals surface area contributed by atoms with Gasteiger partial charge in [-0.05, 0) is 29.8 Å². The number of carbonyl (C=O) groups excluding carboxylic acids is 2. The molecule has 0 saturated carbocycles. The molecule has 25 heavy (non-hydrogen) atoms. The van der Waals surface area contributed by atoms with Crippen molar-refractivity contribution in [3.05, 3.63) is 60.2 Å². The van der Waals surface area contributed by atoms with Crippen LogP contribution in [0.15, 0.2) is 59.5 Å². The molecule has 6 heteroatoms. The second-order valence-corrected chi connectivity index (χ2v) is 6.48. The van der Waals surface area contributed by atoms with Gasteiger partial charge in [0.2, 0.25) is 11.8 Å². The van der Waals surface area contributed by atoms with Crippen LogP contribution in [0.2, 0.25) is 0 Å². The van der Waals surface area contributed by atoms with Crippen molar-refractivity contribution in [2.45, 2.75) is 17.9 Å². The highest BCUT2D eigenvalue weighted by atomic mass is 32.2. The van der Waals surface area contributed by atoms with Crippen molar-refractivity contribution < 1.29 is 14.3 Å².